The van der Waals surface area contributed by atoms with Crippen molar-refractivity contribution >= 4 is 5.97 Å². The lowest BCUT2D eigenvalue weighted by molar-refractivity contribution is -0.136. The second-order valence-corrected chi connectivity index (χ2v) is 11.8. The number of aliphatic hydroxyl groups is 1. The third-order valence-corrected chi connectivity index (χ3v) is 8.27. The van der Waals surface area contributed by atoms with Crippen LogP contribution in [0.2, 0.25) is 0 Å². The number of hydrogen-bond donors (Lipinski definition) is 2. The van der Waals surface area contributed by atoms with Gasteiger partial charge in [-0.05, 0) is 95.5 Å². The van der Waals surface area contributed by atoms with Crippen LogP contribution in [-0.2, 0) is 23.1 Å². The van der Waals surface area contributed by atoms with Gasteiger partial charge in [0.05, 0.1) is 12.5 Å². The molecule has 1 atom stereocenters. The Balaban J connectivity index is 1.93. The van der Waals surface area contributed by atoms with Crippen molar-refractivity contribution in [1.29, 1.82) is 0 Å². The highest BCUT2D eigenvalue weighted by Gasteiger charge is 2.31. The molecular formula is C34H43FO3. The fourth-order valence-electron chi connectivity index (χ4n) is 5.54. The van der Waals surface area contributed by atoms with Crippen molar-refractivity contribution in [2.45, 2.75) is 92.1 Å². The molecule has 0 aliphatic heterocycles. The summed E-state index contributed by atoms with van der Waals surface area (Å²) in [5, 5.41) is 19.5. The Hall–Kier alpha value is -2.98. The predicted octanol–water partition coefficient (Wildman–Crippen LogP) is 8.18. The van der Waals surface area contributed by atoms with Gasteiger partial charge in [-0.3, -0.25) is 4.79 Å². The van der Waals surface area contributed by atoms with Gasteiger partial charge in [0.25, 0.3) is 0 Å². The molecule has 0 aromatic heterocycles. The first-order valence-corrected chi connectivity index (χ1v) is 13.7. The number of rotatable bonds is 10. The van der Waals surface area contributed by atoms with Crippen molar-refractivity contribution < 1.29 is 19.4 Å². The van der Waals surface area contributed by atoms with Gasteiger partial charge in [-0.25, -0.2) is 4.39 Å². The Morgan fingerprint density at radius 1 is 0.868 bits per heavy atom. The quantitative estimate of drug-likeness (QED) is 0.284. The molecule has 2 N–H and O–H groups in total. The molecule has 0 aliphatic carbocycles. The Bertz CT molecular complexity index is 1280. The number of benzene rings is 3. The van der Waals surface area contributed by atoms with Crippen molar-refractivity contribution in [3.05, 3.63) is 93.8 Å². The van der Waals surface area contributed by atoms with E-state index in [4.69, 9.17) is 5.11 Å². The van der Waals surface area contributed by atoms with Crippen molar-refractivity contribution in [2.24, 2.45) is 5.41 Å². The molecule has 4 heteroatoms. The van der Waals surface area contributed by atoms with Gasteiger partial charge < -0.3 is 10.2 Å². The zero-order valence-corrected chi connectivity index (χ0v) is 24.0. The summed E-state index contributed by atoms with van der Waals surface area (Å²) >= 11 is 0. The Labute approximate surface area is 227 Å². The summed E-state index contributed by atoms with van der Waals surface area (Å²) in [7, 11) is 0. The number of aliphatic carboxylic acids is 1. The first-order valence-electron chi connectivity index (χ1n) is 13.7. The maximum Gasteiger partial charge on any atom is 0.307 e. The summed E-state index contributed by atoms with van der Waals surface area (Å²) in [5.41, 5.74) is 7.73. The van der Waals surface area contributed by atoms with Crippen LogP contribution in [0.1, 0.15) is 87.3 Å². The third kappa shape index (κ3) is 6.35. The van der Waals surface area contributed by atoms with Gasteiger partial charge in [0.2, 0.25) is 0 Å². The van der Waals surface area contributed by atoms with Crippen molar-refractivity contribution in [3.63, 3.8) is 0 Å². The molecule has 0 aliphatic rings. The molecule has 3 nitrogen and oxygen atoms in total. The molecule has 0 radical (unpaired) electrons. The second kappa shape index (κ2) is 11.8. The van der Waals surface area contributed by atoms with Crippen molar-refractivity contribution in [2.75, 3.05) is 0 Å². The fraction of sp³-hybridized carbons (Fsp3) is 0.441. The highest BCUT2D eigenvalue weighted by atomic mass is 19.1. The van der Waals surface area contributed by atoms with Crippen LogP contribution in [0, 0.1) is 25.1 Å². The summed E-state index contributed by atoms with van der Waals surface area (Å²) in [4.78, 5) is 11.0. The third-order valence-electron chi connectivity index (χ3n) is 8.27. The predicted molar refractivity (Wildman–Crippen MR) is 154 cm³/mol. The van der Waals surface area contributed by atoms with Crippen molar-refractivity contribution in [3.8, 4) is 11.1 Å². The van der Waals surface area contributed by atoms with Crippen LogP contribution in [0.3, 0.4) is 0 Å². The first kappa shape index (κ1) is 29.6. The molecule has 0 fully saturated rings. The number of halogens is 1. The molecule has 0 amide bonds. The topological polar surface area (TPSA) is 57.5 Å². The molecular weight excluding hydrogens is 475 g/mol. The van der Waals surface area contributed by atoms with Gasteiger partial charge in [-0.2, -0.15) is 0 Å². The summed E-state index contributed by atoms with van der Waals surface area (Å²) in [5.74, 6) is -1.53. The zero-order valence-electron chi connectivity index (χ0n) is 24.0. The number of carbonyl (C=O) groups is 1. The standard InChI is InChI=1S/C34H43FO3/c1-8-34(9-2,27-14-12-24(22(3)18-27)13-17-31(36)33(5,6)7)28-15-16-29(23(4)19-28)25-10-11-26(21-32(37)38)30(35)20-25/h10-12,14-16,18-20,31,36H,8-9,13,17,21H2,1-7H3,(H,37,38). The van der Waals surface area contributed by atoms with Crippen LogP contribution in [0.4, 0.5) is 4.39 Å². The second-order valence-electron chi connectivity index (χ2n) is 11.8. The largest absolute Gasteiger partial charge is 0.481 e. The van der Waals surface area contributed by atoms with Gasteiger partial charge >= 0.3 is 5.97 Å². The van der Waals surface area contributed by atoms with Gasteiger partial charge in [-0.15, -0.1) is 0 Å². The van der Waals surface area contributed by atoms with E-state index in [2.05, 4.69) is 77.9 Å². The van der Waals surface area contributed by atoms with E-state index in [9.17, 15) is 14.3 Å². The van der Waals surface area contributed by atoms with Crippen LogP contribution in [0.15, 0.2) is 54.6 Å². The van der Waals surface area contributed by atoms with E-state index in [1.165, 1.54) is 28.3 Å². The van der Waals surface area contributed by atoms with Crippen LogP contribution in [0.5, 0.6) is 0 Å². The van der Waals surface area contributed by atoms with Crippen LogP contribution < -0.4 is 0 Å². The van der Waals surface area contributed by atoms with E-state index in [0.717, 1.165) is 42.4 Å². The molecule has 0 spiro atoms. The number of hydrogen-bond acceptors (Lipinski definition) is 2. The SMILES string of the molecule is CCC(CC)(c1ccc(CCC(O)C(C)(C)C)c(C)c1)c1ccc(-c2ccc(CC(=O)O)c(F)c2)c(C)c1. The van der Waals surface area contributed by atoms with Crippen LogP contribution in [-0.4, -0.2) is 22.3 Å². The van der Waals surface area contributed by atoms with Crippen LogP contribution in [0.25, 0.3) is 11.1 Å². The molecule has 3 rings (SSSR count). The molecule has 0 saturated heterocycles. The minimum atomic E-state index is -1.04. The molecule has 1 unspecified atom stereocenters. The molecule has 0 saturated carbocycles. The smallest absolute Gasteiger partial charge is 0.307 e. The summed E-state index contributed by atoms with van der Waals surface area (Å²) in [6.45, 7) is 14.9. The molecule has 38 heavy (non-hydrogen) atoms. The molecule has 204 valence electrons. The lowest BCUT2D eigenvalue weighted by atomic mass is 9.69. The zero-order chi connectivity index (χ0) is 28.3. The highest BCUT2D eigenvalue weighted by Crippen LogP contribution is 2.41. The molecule has 3 aromatic rings. The Morgan fingerprint density at radius 3 is 1.95 bits per heavy atom. The van der Waals surface area contributed by atoms with Crippen LogP contribution >= 0.6 is 0 Å². The minimum absolute atomic E-state index is 0.121. The number of carboxylic acids is 1. The average molecular weight is 519 g/mol. The van der Waals surface area contributed by atoms with Gasteiger partial charge in [0.15, 0.2) is 0 Å². The highest BCUT2D eigenvalue weighted by molar-refractivity contribution is 5.72. The van der Waals surface area contributed by atoms with E-state index in [-0.39, 0.29) is 28.9 Å². The summed E-state index contributed by atoms with van der Waals surface area (Å²) < 4.78 is 14.6. The first-order chi connectivity index (χ1) is 17.8. The Morgan fingerprint density at radius 2 is 1.45 bits per heavy atom. The molecule has 3 aromatic carbocycles. The maximum atomic E-state index is 14.6. The van der Waals surface area contributed by atoms with E-state index < -0.39 is 11.8 Å². The summed E-state index contributed by atoms with van der Waals surface area (Å²) in [6.07, 6.45) is 2.83. The minimum Gasteiger partial charge on any atom is -0.481 e. The fourth-order valence-corrected chi connectivity index (χ4v) is 5.54. The monoisotopic (exact) mass is 518 g/mol. The van der Waals surface area contributed by atoms with Gasteiger partial charge in [0, 0.05) is 5.41 Å². The van der Waals surface area contributed by atoms with Crippen molar-refractivity contribution in [1.82, 2.24) is 0 Å². The van der Waals surface area contributed by atoms with E-state index in [1.54, 1.807) is 12.1 Å². The van der Waals surface area contributed by atoms with E-state index in [0.29, 0.717) is 0 Å². The normalized spacial score (nSPS) is 13.0. The lowest BCUT2D eigenvalue weighted by Gasteiger charge is -2.34. The molecule has 0 heterocycles. The lowest BCUT2D eigenvalue weighted by Crippen LogP contribution is -2.27. The average Bonchev–Trinajstić information content (AvgIpc) is 2.85. The van der Waals surface area contributed by atoms with E-state index in [1.807, 2.05) is 6.92 Å². The maximum absolute atomic E-state index is 14.6. The number of aryl methyl sites for hydroxylation is 3. The summed E-state index contributed by atoms with van der Waals surface area (Å²) in [6, 6.07) is 18.0. The molecule has 0 bridgehead atoms. The van der Waals surface area contributed by atoms with E-state index >= 15 is 0 Å². The number of carboxylic acid groups (broad SMARTS) is 1. The number of aliphatic hydroxyl groups excluding tert-OH is 1. The van der Waals surface area contributed by atoms with Gasteiger partial charge in [0.1, 0.15) is 5.82 Å². The van der Waals surface area contributed by atoms with Gasteiger partial charge in [-0.1, -0.05) is 83.1 Å². The Kier molecular flexibility index (Phi) is 9.20.